The molecule has 2 N–H and O–H groups in total. The van der Waals surface area contributed by atoms with Crippen LogP contribution >= 0.6 is 0 Å². The lowest BCUT2D eigenvalue weighted by molar-refractivity contribution is 0.0918. The Hall–Kier alpha value is -1.35. The summed E-state index contributed by atoms with van der Waals surface area (Å²) in [6.45, 7) is 4.74. The Kier molecular flexibility index (Phi) is 2.73. The van der Waals surface area contributed by atoms with Crippen LogP contribution in [0.4, 0.5) is 0 Å². The molecule has 0 spiro atoms. The average Bonchev–Trinajstić information content (AvgIpc) is 2.70. The van der Waals surface area contributed by atoms with Crippen molar-refractivity contribution in [3.63, 3.8) is 0 Å². The third-order valence-electron chi connectivity index (χ3n) is 2.84. The molecule has 1 aliphatic rings. The molecule has 1 unspecified atom stereocenters. The van der Waals surface area contributed by atoms with Crippen LogP contribution in [0.25, 0.3) is 0 Å². The fraction of sp³-hybridized carbons (Fsp3) is 0.417. The zero-order valence-corrected chi connectivity index (χ0v) is 9.16. The maximum atomic E-state index is 5.53. The number of aryl methyl sites for hydroxylation is 2. The van der Waals surface area contributed by atoms with Crippen molar-refractivity contribution in [2.24, 2.45) is 10.9 Å². The zero-order chi connectivity index (χ0) is 10.8. The van der Waals surface area contributed by atoms with Crippen LogP contribution in [0.15, 0.2) is 23.4 Å². The number of nitrogens with two attached hydrogens (primary N) is 1. The Bertz CT molecular complexity index is 399. The molecule has 0 radical (unpaired) electrons. The number of oxime groups is 1. The third kappa shape index (κ3) is 2.02. The molecule has 1 atom stereocenters. The fourth-order valence-electron chi connectivity index (χ4n) is 1.65. The van der Waals surface area contributed by atoms with Gasteiger partial charge in [0.05, 0.1) is 5.71 Å². The summed E-state index contributed by atoms with van der Waals surface area (Å²) >= 11 is 0. The van der Waals surface area contributed by atoms with Gasteiger partial charge in [-0.2, -0.15) is 0 Å². The molecule has 3 nitrogen and oxygen atoms in total. The van der Waals surface area contributed by atoms with Crippen LogP contribution in [0, 0.1) is 13.8 Å². The van der Waals surface area contributed by atoms with E-state index in [0.29, 0.717) is 6.54 Å². The first-order valence-electron chi connectivity index (χ1n) is 5.21. The van der Waals surface area contributed by atoms with Gasteiger partial charge in [-0.1, -0.05) is 17.3 Å². The Morgan fingerprint density at radius 1 is 1.40 bits per heavy atom. The molecule has 15 heavy (non-hydrogen) atoms. The molecule has 0 saturated carbocycles. The van der Waals surface area contributed by atoms with Gasteiger partial charge in [-0.25, -0.2) is 0 Å². The van der Waals surface area contributed by atoms with E-state index >= 15 is 0 Å². The monoisotopic (exact) mass is 204 g/mol. The largest absolute Gasteiger partial charge is 0.390 e. The number of hydrogen-bond donors (Lipinski definition) is 1. The lowest BCUT2D eigenvalue weighted by atomic mass is 10.0. The first-order chi connectivity index (χ1) is 7.20. The second-order valence-corrected chi connectivity index (χ2v) is 4.00. The van der Waals surface area contributed by atoms with Crippen molar-refractivity contribution in [3.05, 3.63) is 34.9 Å². The van der Waals surface area contributed by atoms with Gasteiger partial charge in [-0.15, -0.1) is 0 Å². The van der Waals surface area contributed by atoms with E-state index in [1.165, 1.54) is 11.1 Å². The first-order valence-corrected chi connectivity index (χ1v) is 5.21. The topological polar surface area (TPSA) is 47.6 Å². The van der Waals surface area contributed by atoms with Crippen LogP contribution in [0.5, 0.6) is 0 Å². The van der Waals surface area contributed by atoms with Gasteiger partial charge < -0.3 is 10.6 Å². The second-order valence-electron chi connectivity index (χ2n) is 4.00. The average molecular weight is 204 g/mol. The molecule has 0 bridgehead atoms. The zero-order valence-electron chi connectivity index (χ0n) is 9.16. The van der Waals surface area contributed by atoms with E-state index in [2.05, 4.69) is 37.2 Å². The van der Waals surface area contributed by atoms with Crippen LogP contribution in [0.1, 0.15) is 23.1 Å². The molecule has 0 amide bonds. The van der Waals surface area contributed by atoms with Gasteiger partial charge in [0.25, 0.3) is 0 Å². The van der Waals surface area contributed by atoms with E-state index in [9.17, 15) is 0 Å². The molecule has 3 heteroatoms. The molecular weight excluding hydrogens is 188 g/mol. The fourth-order valence-corrected chi connectivity index (χ4v) is 1.65. The van der Waals surface area contributed by atoms with E-state index in [-0.39, 0.29) is 6.10 Å². The lowest BCUT2D eigenvalue weighted by Crippen LogP contribution is -2.20. The highest BCUT2D eigenvalue weighted by Crippen LogP contribution is 2.18. The minimum Gasteiger partial charge on any atom is -0.390 e. The highest BCUT2D eigenvalue weighted by molar-refractivity contribution is 6.01. The van der Waals surface area contributed by atoms with Crippen LogP contribution < -0.4 is 5.73 Å². The standard InChI is InChI=1S/C12H16N2O/c1-8-3-4-10(5-9(8)2)12-6-11(7-13)15-14-12/h3-5,11H,6-7,13H2,1-2H3. The van der Waals surface area contributed by atoms with Gasteiger partial charge in [-0.05, 0) is 36.6 Å². The molecule has 1 heterocycles. The number of nitrogens with zero attached hydrogens (tertiary/aromatic N) is 1. The minimum absolute atomic E-state index is 0.0570. The molecule has 2 rings (SSSR count). The maximum absolute atomic E-state index is 5.53. The quantitative estimate of drug-likeness (QED) is 0.797. The lowest BCUT2D eigenvalue weighted by Gasteiger charge is -2.04. The predicted molar refractivity (Wildman–Crippen MR) is 61.0 cm³/mol. The highest BCUT2D eigenvalue weighted by Gasteiger charge is 2.20. The van der Waals surface area contributed by atoms with E-state index < -0.39 is 0 Å². The van der Waals surface area contributed by atoms with Crippen LogP contribution in [0.3, 0.4) is 0 Å². The summed E-state index contributed by atoms with van der Waals surface area (Å²) in [5.41, 5.74) is 10.3. The van der Waals surface area contributed by atoms with Crippen molar-refractivity contribution in [1.82, 2.24) is 0 Å². The minimum atomic E-state index is 0.0570. The Balaban J connectivity index is 2.21. The highest BCUT2D eigenvalue weighted by atomic mass is 16.6. The SMILES string of the molecule is Cc1ccc(C2=NOC(CN)C2)cc1C. The molecule has 0 saturated heterocycles. The molecule has 0 aliphatic carbocycles. The Labute approximate surface area is 89.9 Å². The normalized spacial score (nSPS) is 19.9. The van der Waals surface area contributed by atoms with Gasteiger partial charge in [0, 0.05) is 13.0 Å². The van der Waals surface area contributed by atoms with Crippen molar-refractivity contribution < 1.29 is 4.84 Å². The summed E-state index contributed by atoms with van der Waals surface area (Å²) in [4.78, 5) is 5.20. The van der Waals surface area contributed by atoms with E-state index in [1.807, 2.05) is 0 Å². The van der Waals surface area contributed by atoms with Crippen LogP contribution in [-0.4, -0.2) is 18.4 Å². The van der Waals surface area contributed by atoms with Crippen LogP contribution in [0.2, 0.25) is 0 Å². The third-order valence-corrected chi connectivity index (χ3v) is 2.84. The summed E-state index contributed by atoms with van der Waals surface area (Å²) in [7, 11) is 0. The first kappa shape index (κ1) is 10.2. The van der Waals surface area contributed by atoms with Crippen molar-refractivity contribution in [2.75, 3.05) is 6.54 Å². The summed E-state index contributed by atoms with van der Waals surface area (Å²) in [5.74, 6) is 0. The van der Waals surface area contributed by atoms with E-state index in [0.717, 1.165) is 17.7 Å². The molecule has 80 valence electrons. The molecule has 1 aromatic rings. The predicted octanol–water partition coefficient (Wildman–Crippen LogP) is 1.76. The summed E-state index contributed by atoms with van der Waals surface area (Å²) in [5, 5.41) is 4.07. The number of benzene rings is 1. The van der Waals surface area contributed by atoms with Gasteiger partial charge in [0.1, 0.15) is 6.10 Å². The summed E-state index contributed by atoms with van der Waals surface area (Å²) < 4.78 is 0. The Morgan fingerprint density at radius 2 is 2.20 bits per heavy atom. The summed E-state index contributed by atoms with van der Waals surface area (Å²) in [6, 6.07) is 6.35. The van der Waals surface area contributed by atoms with Crippen molar-refractivity contribution in [3.8, 4) is 0 Å². The second kappa shape index (κ2) is 4.03. The van der Waals surface area contributed by atoms with Gasteiger partial charge in [-0.3, -0.25) is 0 Å². The molecule has 0 fully saturated rings. The van der Waals surface area contributed by atoms with E-state index in [1.54, 1.807) is 0 Å². The van der Waals surface area contributed by atoms with Gasteiger partial charge in [0.15, 0.2) is 0 Å². The molecular formula is C12H16N2O. The van der Waals surface area contributed by atoms with E-state index in [4.69, 9.17) is 10.6 Å². The molecule has 1 aliphatic heterocycles. The molecule has 1 aromatic carbocycles. The van der Waals surface area contributed by atoms with Gasteiger partial charge >= 0.3 is 0 Å². The van der Waals surface area contributed by atoms with Crippen LogP contribution in [-0.2, 0) is 4.84 Å². The van der Waals surface area contributed by atoms with Crippen molar-refractivity contribution >= 4 is 5.71 Å². The molecule has 0 aromatic heterocycles. The maximum Gasteiger partial charge on any atom is 0.145 e. The number of rotatable bonds is 2. The van der Waals surface area contributed by atoms with Crippen molar-refractivity contribution in [2.45, 2.75) is 26.4 Å². The Morgan fingerprint density at radius 3 is 2.80 bits per heavy atom. The smallest absolute Gasteiger partial charge is 0.145 e. The van der Waals surface area contributed by atoms with Crippen molar-refractivity contribution in [1.29, 1.82) is 0 Å². The van der Waals surface area contributed by atoms with Gasteiger partial charge in [0.2, 0.25) is 0 Å². The summed E-state index contributed by atoms with van der Waals surface area (Å²) in [6.07, 6.45) is 0.875. The number of hydrogen-bond acceptors (Lipinski definition) is 3.